The Morgan fingerprint density at radius 2 is 1.79 bits per heavy atom. The molecule has 0 fully saturated rings. The SMILES string of the molecule is CS(=O)(=O)Nc1ccc([N+](=O)[O-])cc1C(=O)c1ccc(F)cc1F. The lowest BCUT2D eigenvalue weighted by Crippen LogP contribution is -2.14. The highest BCUT2D eigenvalue weighted by Gasteiger charge is 2.22. The number of ketones is 1. The van der Waals surface area contributed by atoms with E-state index in [0.29, 0.717) is 6.07 Å². The molecule has 0 aliphatic heterocycles. The molecule has 0 unspecified atom stereocenters. The van der Waals surface area contributed by atoms with E-state index >= 15 is 0 Å². The van der Waals surface area contributed by atoms with Gasteiger partial charge < -0.3 is 0 Å². The first kappa shape index (κ1) is 17.5. The number of nitrogens with one attached hydrogen (secondary N) is 1. The van der Waals surface area contributed by atoms with Crippen LogP contribution in [0.25, 0.3) is 0 Å². The minimum absolute atomic E-state index is 0.253. The molecule has 2 aromatic rings. The van der Waals surface area contributed by atoms with E-state index in [1.54, 1.807) is 0 Å². The van der Waals surface area contributed by atoms with E-state index in [9.17, 15) is 32.1 Å². The maximum absolute atomic E-state index is 13.8. The van der Waals surface area contributed by atoms with Crippen molar-refractivity contribution in [3.63, 3.8) is 0 Å². The summed E-state index contributed by atoms with van der Waals surface area (Å²) in [5.74, 6) is -3.10. The van der Waals surface area contributed by atoms with Crippen LogP contribution in [0.5, 0.6) is 0 Å². The number of anilines is 1. The van der Waals surface area contributed by atoms with Crippen molar-refractivity contribution in [2.24, 2.45) is 0 Å². The van der Waals surface area contributed by atoms with E-state index < -0.39 is 49.2 Å². The molecule has 0 aliphatic carbocycles. The number of sulfonamides is 1. The van der Waals surface area contributed by atoms with E-state index in [1.165, 1.54) is 0 Å². The number of benzene rings is 2. The monoisotopic (exact) mass is 356 g/mol. The molecule has 0 saturated carbocycles. The number of carbonyl (C=O) groups excluding carboxylic acids is 1. The molecule has 0 aromatic heterocycles. The number of rotatable bonds is 5. The highest BCUT2D eigenvalue weighted by atomic mass is 32.2. The van der Waals surface area contributed by atoms with E-state index in [0.717, 1.165) is 36.6 Å². The van der Waals surface area contributed by atoms with Gasteiger partial charge in [0.25, 0.3) is 5.69 Å². The van der Waals surface area contributed by atoms with Crippen LogP contribution in [0.15, 0.2) is 36.4 Å². The lowest BCUT2D eigenvalue weighted by Gasteiger charge is -2.10. The van der Waals surface area contributed by atoms with Gasteiger partial charge >= 0.3 is 0 Å². The Balaban J connectivity index is 2.62. The highest BCUT2D eigenvalue weighted by Crippen LogP contribution is 2.26. The third kappa shape index (κ3) is 3.90. The number of nitro benzene ring substituents is 1. The quantitative estimate of drug-likeness (QED) is 0.503. The summed E-state index contributed by atoms with van der Waals surface area (Å²) in [6, 6.07) is 5.03. The molecular formula is C14H10F2N2O5S. The van der Waals surface area contributed by atoms with Crippen LogP contribution in [0.4, 0.5) is 20.2 Å². The van der Waals surface area contributed by atoms with Crippen molar-refractivity contribution in [1.29, 1.82) is 0 Å². The Morgan fingerprint density at radius 1 is 1.12 bits per heavy atom. The summed E-state index contributed by atoms with van der Waals surface area (Å²) >= 11 is 0. The van der Waals surface area contributed by atoms with E-state index in [-0.39, 0.29) is 5.69 Å². The van der Waals surface area contributed by atoms with Crippen LogP contribution < -0.4 is 4.72 Å². The van der Waals surface area contributed by atoms with Crippen molar-refractivity contribution in [1.82, 2.24) is 0 Å². The number of nitrogens with zero attached hydrogens (tertiary/aromatic N) is 1. The summed E-state index contributed by atoms with van der Waals surface area (Å²) in [5, 5.41) is 10.9. The molecule has 0 radical (unpaired) electrons. The molecule has 2 rings (SSSR count). The van der Waals surface area contributed by atoms with E-state index in [2.05, 4.69) is 0 Å². The number of hydrogen-bond donors (Lipinski definition) is 1. The highest BCUT2D eigenvalue weighted by molar-refractivity contribution is 7.92. The van der Waals surface area contributed by atoms with Crippen molar-refractivity contribution in [3.8, 4) is 0 Å². The Morgan fingerprint density at radius 3 is 2.33 bits per heavy atom. The molecule has 10 heteroatoms. The van der Waals surface area contributed by atoms with Gasteiger partial charge in [-0.3, -0.25) is 19.6 Å². The van der Waals surface area contributed by atoms with Crippen LogP contribution in [-0.2, 0) is 10.0 Å². The van der Waals surface area contributed by atoms with Crippen molar-refractivity contribution in [2.75, 3.05) is 11.0 Å². The molecule has 0 aliphatic rings. The second-order valence-electron chi connectivity index (χ2n) is 4.81. The van der Waals surface area contributed by atoms with Gasteiger partial charge in [0.05, 0.1) is 28.0 Å². The lowest BCUT2D eigenvalue weighted by atomic mass is 10.0. The summed E-state index contributed by atoms with van der Waals surface area (Å²) in [5.41, 5.74) is -1.72. The zero-order valence-corrected chi connectivity index (χ0v) is 12.9. The lowest BCUT2D eigenvalue weighted by molar-refractivity contribution is -0.384. The zero-order chi connectivity index (χ0) is 18.1. The van der Waals surface area contributed by atoms with E-state index in [1.807, 2.05) is 4.72 Å². The molecule has 0 spiro atoms. The van der Waals surface area contributed by atoms with Crippen LogP contribution in [0, 0.1) is 21.7 Å². The topological polar surface area (TPSA) is 106 Å². The van der Waals surface area contributed by atoms with Crippen LogP contribution in [0.3, 0.4) is 0 Å². The maximum atomic E-state index is 13.8. The first-order valence-corrected chi connectivity index (χ1v) is 8.23. The number of halogens is 2. The molecule has 0 saturated heterocycles. The van der Waals surface area contributed by atoms with Gasteiger partial charge in [-0.25, -0.2) is 17.2 Å². The predicted molar refractivity (Wildman–Crippen MR) is 81.4 cm³/mol. The van der Waals surface area contributed by atoms with Gasteiger partial charge in [-0.1, -0.05) is 0 Å². The molecule has 7 nitrogen and oxygen atoms in total. The Bertz CT molecular complexity index is 944. The van der Waals surface area contributed by atoms with Gasteiger partial charge in [0.2, 0.25) is 10.0 Å². The van der Waals surface area contributed by atoms with Crippen molar-refractivity contribution in [2.45, 2.75) is 0 Å². The average molecular weight is 356 g/mol. The summed E-state index contributed by atoms with van der Waals surface area (Å²) in [6.07, 6.45) is 0.821. The minimum Gasteiger partial charge on any atom is -0.288 e. The standard InChI is InChI=1S/C14H10F2N2O5S/c1-24(22,23)17-13-5-3-9(18(20)21)7-11(13)14(19)10-4-2-8(15)6-12(10)16/h2-7,17H,1H3. The normalized spacial score (nSPS) is 11.1. The zero-order valence-electron chi connectivity index (χ0n) is 12.1. The fourth-order valence-corrected chi connectivity index (χ4v) is 2.52. The number of nitro groups is 1. The van der Waals surface area contributed by atoms with Crippen molar-refractivity contribution >= 4 is 27.2 Å². The first-order chi connectivity index (χ1) is 11.1. The Kier molecular flexibility index (Phi) is 4.60. The largest absolute Gasteiger partial charge is 0.288 e. The fraction of sp³-hybridized carbons (Fsp3) is 0.0714. The molecule has 0 heterocycles. The molecular weight excluding hydrogens is 346 g/mol. The third-order valence-corrected chi connectivity index (χ3v) is 3.52. The molecule has 1 N–H and O–H groups in total. The van der Waals surface area contributed by atoms with Crippen LogP contribution >= 0.6 is 0 Å². The Hall–Kier alpha value is -2.88. The molecule has 126 valence electrons. The smallest absolute Gasteiger partial charge is 0.270 e. The molecule has 0 atom stereocenters. The molecule has 0 amide bonds. The summed E-state index contributed by atoms with van der Waals surface area (Å²) in [6.45, 7) is 0. The number of non-ortho nitro benzene ring substituents is 1. The maximum Gasteiger partial charge on any atom is 0.270 e. The van der Waals surface area contributed by atoms with Gasteiger partial charge in [-0.05, 0) is 18.2 Å². The number of carbonyl (C=O) groups is 1. The van der Waals surface area contributed by atoms with Gasteiger partial charge in [0.15, 0.2) is 5.78 Å². The molecule has 2 aromatic carbocycles. The fourth-order valence-electron chi connectivity index (χ4n) is 1.94. The Labute approximate surface area is 135 Å². The third-order valence-electron chi connectivity index (χ3n) is 2.93. The minimum atomic E-state index is -3.79. The second-order valence-corrected chi connectivity index (χ2v) is 6.56. The van der Waals surface area contributed by atoms with Crippen LogP contribution in [-0.4, -0.2) is 25.4 Å². The summed E-state index contributed by atoms with van der Waals surface area (Å²) in [4.78, 5) is 22.5. The van der Waals surface area contributed by atoms with Gasteiger partial charge in [-0.2, -0.15) is 0 Å². The summed E-state index contributed by atoms with van der Waals surface area (Å²) in [7, 11) is -3.79. The van der Waals surface area contributed by atoms with Gasteiger partial charge in [0.1, 0.15) is 11.6 Å². The molecule has 0 bridgehead atoms. The average Bonchev–Trinajstić information content (AvgIpc) is 2.45. The molecule has 24 heavy (non-hydrogen) atoms. The van der Waals surface area contributed by atoms with Gasteiger partial charge in [-0.15, -0.1) is 0 Å². The van der Waals surface area contributed by atoms with E-state index in [4.69, 9.17) is 0 Å². The second kappa shape index (κ2) is 6.32. The predicted octanol–water partition coefficient (Wildman–Crippen LogP) is 2.48. The number of hydrogen-bond acceptors (Lipinski definition) is 5. The van der Waals surface area contributed by atoms with Crippen molar-refractivity contribution < 1.29 is 26.9 Å². The first-order valence-electron chi connectivity index (χ1n) is 6.34. The van der Waals surface area contributed by atoms with Crippen LogP contribution in [0.2, 0.25) is 0 Å². The summed E-state index contributed by atoms with van der Waals surface area (Å²) < 4.78 is 51.5. The van der Waals surface area contributed by atoms with Gasteiger partial charge in [0, 0.05) is 18.2 Å². The van der Waals surface area contributed by atoms with Crippen molar-refractivity contribution in [3.05, 3.63) is 69.3 Å². The van der Waals surface area contributed by atoms with Crippen LogP contribution in [0.1, 0.15) is 15.9 Å².